The van der Waals surface area contributed by atoms with E-state index in [0.29, 0.717) is 6.54 Å². The van der Waals surface area contributed by atoms with Crippen LogP contribution in [-0.4, -0.2) is 36.9 Å². The first-order chi connectivity index (χ1) is 5.72. The Morgan fingerprint density at radius 1 is 1.38 bits per heavy atom. The van der Waals surface area contributed by atoms with Gasteiger partial charge in [-0.15, -0.1) is 0 Å². The number of hydrogen-bond acceptors (Lipinski definition) is 3. The fourth-order valence-electron chi connectivity index (χ4n) is 1.60. The Morgan fingerprint density at radius 2 is 1.92 bits per heavy atom. The average molecular weight is 203 g/mol. The van der Waals surface area contributed by atoms with Crippen molar-refractivity contribution >= 4 is 9.84 Å². The van der Waals surface area contributed by atoms with Gasteiger partial charge in [-0.25, -0.2) is 8.42 Å². The highest BCUT2D eigenvalue weighted by Crippen LogP contribution is 2.23. The van der Waals surface area contributed by atoms with Gasteiger partial charge in [0.2, 0.25) is 0 Å². The molecule has 13 heavy (non-hydrogen) atoms. The summed E-state index contributed by atoms with van der Waals surface area (Å²) in [5, 5.41) is 0. The van der Waals surface area contributed by atoms with E-state index < -0.39 is 9.84 Å². The summed E-state index contributed by atoms with van der Waals surface area (Å²) in [6, 6.07) is 0. The zero-order valence-corrected chi connectivity index (χ0v) is 9.32. The molecule has 0 aromatic rings. The average Bonchev–Trinajstić information content (AvgIpc) is 1.80. The van der Waals surface area contributed by atoms with Crippen LogP contribution in [0.15, 0.2) is 12.3 Å². The van der Waals surface area contributed by atoms with Gasteiger partial charge in [0, 0.05) is 17.8 Å². The molecule has 0 aliphatic carbocycles. The maximum atomic E-state index is 11.2. The Balaban J connectivity index is 2.82. The maximum absolute atomic E-state index is 11.2. The summed E-state index contributed by atoms with van der Waals surface area (Å²) in [6.45, 7) is 10.6. The van der Waals surface area contributed by atoms with Crippen LogP contribution in [0, 0.1) is 0 Å². The van der Waals surface area contributed by atoms with Crippen LogP contribution in [0.3, 0.4) is 0 Å². The molecule has 0 amide bonds. The summed E-state index contributed by atoms with van der Waals surface area (Å²) in [7, 11) is -2.87. The van der Waals surface area contributed by atoms with E-state index in [1.807, 2.05) is 0 Å². The van der Waals surface area contributed by atoms with Gasteiger partial charge in [0.25, 0.3) is 0 Å². The van der Waals surface area contributed by atoms with Crippen LogP contribution in [-0.2, 0) is 9.84 Å². The molecule has 1 rings (SSSR count). The molecule has 1 saturated heterocycles. The van der Waals surface area contributed by atoms with Crippen LogP contribution < -0.4 is 0 Å². The van der Waals surface area contributed by atoms with Crippen molar-refractivity contribution in [1.82, 2.24) is 4.90 Å². The Morgan fingerprint density at radius 3 is 2.31 bits per heavy atom. The van der Waals surface area contributed by atoms with Gasteiger partial charge in [-0.3, -0.25) is 0 Å². The normalized spacial score (nSPS) is 23.3. The molecule has 0 aromatic carbocycles. The monoisotopic (exact) mass is 203 g/mol. The molecule has 0 unspecified atom stereocenters. The van der Waals surface area contributed by atoms with Gasteiger partial charge in [-0.1, -0.05) is 6.58 Å². The second kappa shape index (κ2) is 3.01. The minimum atomic E-state index is -2.87. The van der Waals surface area contributed by atoms with Gasteiger partial charge in [0.05, 0.1) is 11.5 Å². The highest BCUT2D eigenvalue weighted by atomic mass is 32.2. The van der Waals surface area contributed by atoms with Crippen molar-refractivity contribution in [1.29, 1.82) is 0 Å². The van der Waals surface area contributed by atoms with E-state index in [4.69, 9.17) is 0 Å². The molecular formula is C9H17NO2S. The van der Waals surface area contributed by atoms with Crippen molar-refractivity contribution in [2.75, 3.05) is 18.1 Å². The minimum Gasteiger partial charge on any atom is -0.369 e. The maximum Gasteiger partial charge on any atom is 0.157 e. The Bertz CT molecular complexity index is 311. The summed E-state index contributed by atoms with van der Waals surface area (Å²) < 4.78 is 22.5. The molecule has 0 aromatic heterocycles. The van der Waals surface area contributed by atoms with E-state index in [9.17, 15) is 8.42 Å². The van der Waals surface area contributed by atoms with E-state index in [1.54, 1.807) is 0 Å². The molecule has 3 nitrogen and oxygen atoms in total. The summed E-state index contributed by atoms with van der Waals surface area (Å²) in [4.78, 5) is 2.06. The number of hydrogen-bond donors (Lipinski definition) is 0. The number of nitrogens with zero attached hydrogens (tertiary/aromatic N) is 1. The van der Waals surface area contributed by atoms with E-state index in [2.05, 4.69) is 32.3 Å². The lowest BCUT2D eigenvalue weighted by atomic mass is 10.1. The Kier molecular flexibility index (Phi) is 2.45. The molecular weight excluding hydrogens is 186 g/mol. The molecule has 0 saturated carbocycles. The quantitative estimate of drug-likeness (QED) is 0.590. The van der Waals surface area contributed by atoms with Gasteiger partial charge in [-0.2, -0.15) is 0 Å². The van der Waals surface area contributed by atoms with Crippen LogP contribution in [0.4, 0.5) is 0 Å². The smallest absolute Gasteiger partial charge is 0.157 e. The topological polar surface area (TPSA) is 37.4 Å². The van der Waals surface area contributed by atoms with Gasteiger partial charge in [-0.05, 0) is 20.8 Å². The van der Waals surface area contributed by atoms with Crippen LogP contribution in [0.25, 0.3) is 0 Å². The zero-order chi connectivity index (χ0) is 10.3. The van der Waals surface area contributed by atoms with Crippen LogP contribution in [0.5, 0.6) is 0 Å². The van der Waals surface area contributed by atoms with Gasteiger partial charge in [0.1, 0.15) is 0 Å². The highest BCUT2D eigenvalue weighted by molar-refractivity contribution is 7.91. The van der Waals surface area contributed by atoms with Gasteiger partial charge >= 0.3 is 0 Å². The van der Waals surface area contributed by atoms with Crippen molar-refractivity contribution in [3.63, 3.8) is 0 Å². The first-order valence-electron chi connectivity index (χ1n) is 4.38. The predicted octanol–water partition coefficient (Wildman–Crippen LogP) is 1.03. The van der Waals surface area contributed by atoms with Crippen molar-refractivity contribution in [2.24, 2.45) is 0 Å². The lowest BCUT2D eigenvalue weighted by molar-refractivity contribution is 0.193. The van der Waals surface area contributed by atoms with E-state index in [-0.39, 0.29) is 17.0 Å². The fraction of sp³-hybridized carbons (Fsp3) is 0.778. The van der Waals surface area contributed by atoms with Gasteiger partial charge in [0.15, 0.2) is 9.84 Å². The zero-order valence-electron chi connectivity index (χ0n) is 8.50. The van der Waals surface area contributed by atoms with Crippen molar-refractivity contribution in [3.05, 3.63) is 12.3 Å². The first kappa shape index (κ1) is 10.6. The molecule has 1 fully saturated rings. The fourth-order valence-corrected chi connectivity index (χ4v) is 2.87. The lowest BCUT2D eigenvalue weighted by Crippen LogP contribution is -2.48. The molecule has 76 valence electrons. The molecule has 1 aliphatic heterocycles. The highest BCUT2D eigenvalue weighted by Gasteiger charge is 2.30. The molecule has 4 heteroatoms. The van der Waals surface area contributed by atoms with Crippen LogP contribution in [0.1, 0.15) is 20.8 Å². The Labute approximate surface area is 80.3 Å². The molecule has 1 aliphatic rings. The van der Waals surface area contributed by atoms with E-state index in [1.165, 1.54) is 0 Å². The second-order valence-electron chi connectivity index (χ2n) is 4.48. The standard InChI is InChI=1S/C9H17NO2S/c1-8-7-13(11,12)6-5-10(8)9(2,3)4/h1,5-7H2,2-4H3. The first-order valence-corrected chi connectivity index (χ1v) is 6.20. The molecule has 0 radical (unpaired) electrons. The minimum absolute atomic E-state index is 0.0208. The van der Waals surface area contributed by atoms with Crippen LogP contribution >= 0.6 is 0 Å². The largest absolute Gasteiger partial charge is 0.369 e. The number of sulfone groups is 1. The molecule has 1 heterocycles. The third-order valence-electron chi connectivity index (χ3n) is 2.20. The molecule has 0 bridgehead atoms. The SMILES string of the molecule is C=C1CS(=O)(=O)CCN1C(C)(C)C. The van der Waals surface area contributed by atoms with Crippen LogP contribution in [0.2, 0.25) is 0 Å². The van der Waals surface area contributed by atoms with Crippen molar-refractivity contribution in [2.45, 2.75) is 26.3 Å². The molecule has 0 spiro atoms. The predicted molar refractivity (Wildman–Crippen MR) is 54.3 cm³/mol. The summed E-state index contributed by atoms with van der Waals surface area (Å²) in [6.07, 6.45) is 0. The van der Waals surface area contributed by atoms with E-state index >= 15 is 0 Å². The summed E-state index contributed by atoms with van der Waals surface area (Å²) >= 11 is 0. The van der Waals surface area contributed by atoms with Crippen molar-refractivity contribution < 1.29 is 8.42 Å². The van der Waals surface area contributed by atoms with Crippen molar-refractivity contribution in [3.8, 4) is 0 Å². The second-order valence-corrected chi connectivity index (χ2v) is 6.66. The Hall–Kier alpha value is -0.510. The summed E-state index contributed by atoms with van der Waals surface area (Å²) in [5.41, 5.74) is 0.700. The third kappa shape index (κ3) is 2.46. The van der Waals surface area contributed by atoms with E-state index in [0.717, 1.165) is 5.70 Å². The van der Waals surface area contributed by atoms with Gasteiger partial charge < -0.3 is 4.90 Å². The lowest BCUT2D eigenvalue weighted by Gasteiger charge is -2.41. The number of rotatable bonds is 0. The molecule has 0 atom stereocenters. The third-order valence-corrected chi connectivity index (χ3v) is 3.78. The molecule has 0 N–H and O–H groups in total. The summed E-state index contributed by atoms with van der Waals surface area (Å²) in [5.74, 6) is 0.369.